The first-order valence-electron chi connectivity index (χ1n) is 9.03. The lowest BCUT2D eigenvalue weighted by Gasteiger charge is -2.12. The van der Waals surface area contributed by atoms with Crippen molar-refractivity contribution in [2.75, 3.05) is 17.9 Å². The van der Waals surface area contributed by atoms with E-state index >= 15 is 0 Å². The van der Waals surface area contributed by atoms with E-state index in [0.29, 0.717) is 39.1 Å². The van der Waals surface area contributed by atoms with Gasteiger partial charge in [-0.1, -0.05) is 30.0 Å². The maximum atomic E-state index is 13.0. The number of amides is 1. The lowest BCUT2D eigenvalue weighted by molar-refractivity contribution is -0.113. The minimum atomic E-state index is -0.251. The summed E-state index contributed by atoms with van der Waals surface area (Å²) in [4.78, 5) is 30.0. The summed E-state index contributed by atoms with van der Waals surface area (Å²) in [7, 11) is 0. The van der Waals surface area contributed by atoms with Crippen molar-refractivity contribution in [2.45, 2.75) is 5.16 Å². The average Bonchev–Trinajstić information content (AvgIpc) is 3.42. The Morgan fingerprint density at radius 2 is 2.00 bits per heavy atom. The van der Waals surface area contributed by atoms with Crippen molar-refractivity contribution in [3.8, 4) is 17.2 Å². The lowest BCUT2D eigenvalue weighted by atomic mass is 10.3. The van der Waals surface area contributed by atoms with Crippen molar-refractivity contribution in [1.29, 1.82) is 0 Å². The first kappa shape index (κ1) is 18.3. The van der Waals surface area contributed by atoms with Crippen molar-refractivity contribution >= 4 is 34.4 Å². The van der Waals surface area contributed by atoms with Crippen molar-refractivity contribution in [3.05, 3.63) is 65.1 Å². The molecule has 30 heavy (non-hydrogen) atoms. The molecule has 0 aliphatic carbocycles. The molecule has 9 nitrogen and oxygen atoms in total. The van der Waals surface area contributed by atoms with Gasteiger partial charge >= 0.3 is 0 Å². The van der Waals surface area contributed by atoms with Gasteiger partial charge in [0.2, 0.25) is 12.7 Å². The van der Waals surface area contributed by atoms with Crippen LogP contribution in [0, 0.1) is 0 Å². The molecule has 0 fully saturated rings. The van der Waals surface area contributed by atoms with Gasteiger partial charge in [0.25, 0.3) is 5.56 Å². The van der Waals surface area contributed by atoms with Crippen LogP contribution < -0.4 is 20.3 Å². The van der Waals surface area contributed by atoms with Crippen molar-refractivity contribution < 1.29 is 14.3 Å². The fourth-order valence-electron chi connectivity index (χ4n) is 3.08. The summed E-state index contributed by atoms with van der Waals surface area (Å²) in [5.74, 6) is 1.06. The van der Waals surface area contributed by atoms with Crippen molar-refractivity contribution in [1.82, 2.24) is 19.7 Å². The lowest BCUT2D eigenvalue weighted by Crippen LogP contribution is -2.22. The molecule has 5 rings (SSSR count). The fourth-order valence-corrected chi connectivity index (χ4v) is 3.88. The van der Waals surface area contributed by atoms with Gasteiger partial charge in [-0.3, -0.25) is 19.3 Å². The van der Waals surface area contributed by atoms with E-state index in [4.69, 9.17) is 9.47 Å². The molecule has 1 amide bonds. The number of H-pyrrole nitrogens is 1. The SMILES string of the molecule is O=C(CSc1nc2[nH]ncc2c(=O)n1-c1ccccc1)Nc1ccc2c(c1)OCO2. The molecule has 2 aromatic carbocycles. The van der Waals surface area contributed by atoms with Crippen LogP contribution in [0.5, 0.6) is 11.5 Å². The normalized spacial score (nSPS) is 12.3. The molecule has 0 unspecified atom stereocenters. The number of ether oxygens (including phenoxy) is 2. The molecule has 4 aromatic rings. The van der Waals surface area contributed by atoms with Gasteiger partial charge < -0.3 is 14.8 Å². The molecule has 2 N–H and O–H groups in total. The Bertz CT molecular complexity index is 1300. The monoisotopic (exact) mass is 421 g/mol. The number of thioether (sulfide) groups is 1. The van der Waals surface area contributed by atoms with Gasteiger partial charge in [0.1, 0.15) is 5.39 Å². The first-order chi connectivity index (χ1) is 14.7. The minimum Gasteiger partial charge on any atom is -0.454 e. The van der Waals surface area contributed by atoms with Crippen LogP contribution in [0.25, 0.3) is 16.7 Å². The summed E-state index contributed by atoms with van der Waals surface area (Å²) in [5, 5.41) is 10.2. The summed E-state index contributed by atoms with van der Waals surface area (Å²) in [5.41, 5.74) is 1.39. The first-order valence-corrected chi connectivity index (χ1v) is 10.0. The highest BCUT2D eigenvalue weighted by molar-refractivity contribution is 7.99. The summed E-state index contributed by atoms with van der Waals surface area (Å²) in [6.07, 6.45) is 1.45. The zero-order valence-corrected chi connectivity index (χ0v) is 16.3. The predicted octanol–water partition coefficient (Wildman–Crippen LogP) is 2.57. The van der Waals surface area contributed by atoms with Gasteiger partial charge in [0, 0.05) is 11.8 Å². The number of fused-ring (bicyclic) bond motifs is 2. The number of para-hydroxylation sites is 1. The van der Waals surface area contributed by atoms with Crippen LogP contribution in [0.1, 0.15) is 0 Å². The van der Waals surface area contributed by atoms with Crippen LogP contribution in [-0.4, -0.2) is 38.2 Å². The number of anilines is 1. The van der Waals surface area contributed by atoms with E-state index in [1.807, 2.05) is 30.3 Å². The number of carbonyl (C=O) groups excluding carboxylic acids is 1. The number of rotatable bonds is 5. The second kappa shape index (κ2) is 7.56. The fraction of sp³-hybridized carbons (Fsp3) is 0.100. The highest BCUT2D eigenvalue weighted by atomic mass is 32.2. The third-order valence-corrected chi connectivity index (χ3v) is 5.39. The Labute approximate surface area is 174 Å². The van der Waals surface area contributed by atoms with Crippen molar-refractivity contribution in [2.24, 2.45) is 0 Å². The molecule has 0 bridgehead atoms. The molecule has 1 aliphatic heterocycles. The number of aromatic amines is 1. The van der Waals surface area contributed by atoms with E-state index in [-0.39, 0.29) is 24.0 Å². The summed E-state index contributed by atoms with van der Waals surface area (Å²) < 4.78 is 12.1. The zero-order chi connectivity index (χ0) is 20.5. The Balaban J connectivity index is 1.40. The van der Waals surface area contributed by atoms with Crippen LogP contribution in [0.15, 0.2) is 64.7 Å². The molecule has 2 aromatic heterocycles. The highest BCUT2D eigenvalue weighted by Crippen LogP contribution is 2.34. The number of nitrogens with zero attached hydrogens (tertiary/aromatic N) is 3. The maximum absolute atomic E-state index is 13.0. The Hall–Kier alpha value is -3.79. The topological polar surface area (TPSA) is 111 Å². The molecule has 0 saturated heterocycles. The van der Waals surface area contributed by atoms with Crippen LogP contribution in [-0.2, 0) is 4.79 Å². The van der Waals surface area contributed by atoms with Gasteiger partial charge in [-0.05, 0) is 24.3 Å². The Morgan fingerprint density at radius 1 is 1.17 bits per heavy atom. The molecule has 0 saturated carbocycles. The van der Waals surface area contributed by atoms with Gasteiger partial charge in [0.15, 0.2) is 22.3 Å². The van der Waals surface area contributed by atoms with E-state index in [1.54, 1.807) is 18.2 Å². The van der Waals surface area contributed by atoms with Crippen molar-refractivity contribution in [3.63, 3.8) is 0 Å². The van der Waals surface area contributed by atoms with Gasteiger partial charge in [0.05, 0.1) is 17.6 Å². The molecule has 1 aliphatic rings. The van der Waals surface area contributed by atoms with Crippen LogP contribution in [0.4, 0.5) is 5.69 Å². The van der Waals surface area contributed by atoms with Crippen LogP contribution in [0.3, 0.4) is 0 Å². The van der Waals surface area contributed by atoms with E-state index in [1.165, 1.54) is 10.8 Å². The standard InChI is InChI=1S/C20H15N5O4S/c26-17(22-12-6-7-15-16(8-12)29-11-28-15)10-30-20-23-18-14(9-21-24-18)19(27)25(20)13-4-2-1-3-5-13/h1-9H,10-11H2,(H,21,24)(H,22,26). The van der Waals surface area contributed by atoms with Gasteiger partial charge in [-0.25, -0.2) is 4.98 Å². The zero-order valence-electron chi connectivity index (χ0n) is 15.5. The molecule has 0 radical (unpaired) electrons. The summed E-state index contributed by atoms with van der Waals surface area (Å²) >= 11 is 1.16. The quantitative estimate of drug-likeness (QED) is 0.376. The third kappa shape index (κ3) is 3.37. The summed E-state index contributed by atoms with van der Waals surface area (Å²) in [6.45, 7) is 0.168. The van der Waals surface area contributed by atoms with E-state index < -0.39 is 0 Å². The largest absolute Gasteiger partial charge is 0.454 e. The number of benzene rings is 2. The van der Waals surface area contributed by atoms with E-state index in [9.17, 15) is 9.59 Å². The van der Waals surface area contributed by atoms with E-state index in [2.05, 4.69) is 20.5 Å². The smallest absolute Gasteiger partial charge is 0.269 e. The Morgan fingerprint density at radius 3 is 2.87 bits per heavy atom. The molecule has 0 atom stereocenters. The molecular weight excluding hydrogens is 406 g/mol. The maximum Gasteiger partial charge on any atom is 0.269 e. The number of nitrogens with one attached hydrogen (secondary N) is 2. The molecular formula is C20H15N5O4S. The number of hydrogen-bond donors (Lipinski definition) is 2. The molecule has 10 heteroatoms. The number of carbonyl (C=O) groups is 1. The second-order valence-corrected chi connectivity index (χ2v) is 7.35. The Kier molecular flexibility index (Phi) is 4.60. The number of aromatic nitrogens is 4. The second-order valence-electron chi connectivity index (χ2n) is 6.41. The molecule has 3 heterocycles. The summed E-state index contributed by atoms with van der Waals surface area (Å²) in [6, 6.07) is 14.3. The predicted molar refractivity (Wildman–Crippen MR) is 111 cm³/mol. The van der Waals surface area contributed by atoms with Crippen LogP contribution >= 0.6 is 11.8 Å². The minimum absolute atomic E-state index is 0.0629. The number of hydrogen-bond acceptors (Lipinski definition) is 7. The highest BCUT2D eigenvalue weighted by Gasteiger charge is 2.17. The van der Waals surface area contributed by atoms with Gasteiger partial charge in [-0.15, -0.1) is 0 Å². The molecule has 0 spiro atoms. The average molecular weight is 421 g/mol. The molecule has 150 valence electrons. The van der Waals surface area contributed by atoms with Crippen LogP contribution in [0.2, 0.25) is 0 Å². The third-order valence-electron chi connectivity index (χ3n) is 4.45. The van der Waals surface area contributed by atoms with E-state index in [0.717, 1.165) is 11.8 Å². The van der Waals surface area contributed by atoms with Gasteiger partial charge in [-0.2, -0.15) is 5.10 Å².